The third kappa shape index (κ3) is 4.27. The van der Waals surface area contributed by atoms with Crippen molar-refractivity contribution in [1.29, 1.82) is 0 Å². The third-order valence-corrected chi connectivity index (χ3v) is 3.39. The molecule has 0 heterocycles. The van der Waals surface area contributed by atoms with E-state index in [0.29, 0.717) is 5.25 Å². The number of thioether (sulfide) groups is 1. The zero-order chi connectivity index (χ0) is 11.4. The van der Waals surface area contributed by atoms with E-state index in [2.05, 4.69) is 45.9 Å². The van der Waals surface area contributed by atoms with Crippen LogP contribution in [0.4, 0.5) is 0 Å². The van der Waals surface area contributed by atoms with E-state index in [0.717, 1.165) is 11.3 Å². The molecule has 2 heteroatoms. The number of rotatable bonds is 4. The topological polar surface area (TPSA) is 20.2 Å². The van der Waals surface area contributed by atoms with Crippen molar-refractivity contribution >= 4 is 11.8 Å². The molecule has 1 N–H and O–H groups in total. The zero-order valence-corrected chi connectivity index (χ0v) is 10.8. The molecule has 0 spiro atoms. The second kappa shape index (κ2) is 5.57. The Bertz CT molecular complexity index is 300. The number of hydrogen-bond donors (Lipinski definition) is 1. The predicted octanol–water partition coefficient (Wildman–Crippen LogP) is 3.48. The third-order valence-electron chi connectivity index (χ3n) is 2.22. The number of benzene rings is 1. The molecule has 0 aliphatic carbocycles. The normalized spacial score (nSPS) is 13.2. The van der Waals surface area contributed by atoms with Crippen molar-refractivity contribution in [3.8, 4) is 0 Å². The minimum Gasteiger partial charge on any atom is -0.388 e. The molecule has 0 aliphatic heterocycles. The number of aryl methyl sites for hydroxylation is 2. The first-order chi connectivity index (χ1) is 6.99. The molecule has 0 amide bonds. The van der Waals surface area contributed by atoms with Crippen molar-refractivity contribution < 1.29 is 5.11 Å². The zero-order valence-electron chi connectivity index (χ0n) is 9.95. The molecule has 15 heavy (non-hydrogen) atoms. The standard InChI is InChI=1S/C13H20OS/c1-9(2)15-8-13(14)12-6-10(3)5-11(4)7-12/h5-7,9,13-14H,8H2,1-4H3. The number of aliphatic hydroxyl groups excluding tert-OH is 1. The van der Waals surface area contributed by atoms with Crippen LogP contribution in [0.5, 0.6) is 0 Å². The molecular formula is C13H20OS. The Morgan fingerprint density at radius 2 is 1.67 bits per heavy atom. The first-order valence-corrected chi connectivity index (χ1v) is 6.42. The maximum Gasteiger partial charge on any atom is 0.0880 e. The highest BCUT2D eigenvalue weighted by Crippen LogP contribution is 2.22. The lowest BCUT2D eigenvalue weighted by atomic mass is 10.0. The fraction of sp³-hybridized carbons (Fsp3) is 0.538. The highest BCUT2D eigenvalue weighted by atomic mass is 32.2. The van der Waals surface area contributed by atoms with E-state index in [4.69, 9.17) is 0 Å². The molecule has 1 nitrogen and oxygen atoms in total. The largest absolute Gasteiger partial charge is 0.388 e. The maximum absolute atomic E-state index is 10.00. The average Bonchev–Trinajstić information content (AvgIpc) is 2.12. The van der Waals surface area contributed by atoms with Crippen LogP contribution in [0.25, 0.3) is 0 Å². The number of aliphatic hydroxyl groups is 1. The molecule has 1 rings (SSSR count). The summed E-state index contributed by atoms with van der Waals surface area (Å²) in [6.45, 7) is 8.44. The van der Waals surface area contributed by atoms with Crippen LogP contribution in [-0.4, -0.2) is 16.1 Å². The molecule has 0 fully saturated rings. The van der Waals surface area contributed by atoms with Gasteiger partial charge in [0, 0.05) is 5.75 Å². The van der Waals surface area contributed by atoms with Gasteiger partial charge in [-0.25, -0.2) is 0 Å². The van der Waals surface area contributed by atoms with Crippen LogP contribution >= 0.6 is 11.8 Å². The highest BCUT2D eigenvalue weighted by Gasteiger charge is 2.09. The quantitative estimate of drug-likeness (QED) is 0.845. The fourth-order valence-electron chi connectivity index (χ4n) is 1.58. The molecule has 0 saturated carbocycles. The molecule has 1 unspecified atom stereocenters. The SMILES string of the molecule is Cc1cc(C)cc(C(O)CSC(C)C)c1. The lowest BCUT2D eigenvalue weighted by Gasteiger charge is -2.13. The molecule has 1 aromatic rings. The van der Waals surface area contributed by atoms with Gasteiger partial charge in [-0.15, -0.1) is 0 Å². The van der Waals surface area contributed by atoms with E-state index in [1.165, 1.54) is 11.1 Å². The van der Waals surface area contributed by atoms with Crippen molar-refractivity contribution in [2.75, 3.05) is 5.75 Å². The van der Waals surface area contributed by atoms with Crippen molar-refractivity contribution in [1.82, 2.24) is 0 Å². The molecular weight excluding hydrogens is 204 g/mol. The van der Waals surface area contributed by atoms with Gasteiger partial charge >= 0.3 is 0 Å². The van der Waals surface area contributed by atoms with Gasteiger partial charge in [0.1, 0.15) is 0 Å². The molecule has 1 atom stereocenters. The lowest BCUT2D eigenvalue weighted by Crippen LogP contribution is -2.03. The van der Waals surface area contributed by atoms with Crippen LogP contribution in [0, 0.1) is 13.8 Å². The summed E-state index contributed by atoms with van der Waals surface area (Å²) < 4.78 is 0. The smallest absolute Gasteiger partial charge is 0.0880 e. The summed E-state index contributed by atoms with van der Waals surface area (Å²) in [7, 11) is 0. The molecule has 0 radical (unpaired) electrons. The molecule has 0 aromatic heterocycles. The summed E-state index contributed by atoms with van der Waals surface area (Å²) in [5.41, 5.74) is 3.48. The summed E-state index contributed by atoms with van der Waals surface area (Å²) in [6, 6.07) is 6.27. The van der Waals surface area contributed by atoms with Crippen molar-refractivity contribution in [2.24, 2.45) is 0 Å². The summed E-state index contributed by atoms with van der Waals surface area (Å²) in [4.78, 5) is 0. The van der Waals surface area contributed by atoms with Crippen LogP contribution in [0.15, 0.2) is 18.2 Å². The maximum atomic E-state index is 10.00. The van der Waals surface area contributed by atoms with Gasteiger partial charge in [0.05, 0.1) is 6.10 Å². The molecule has 0 saturated heterocycles. The van der Waals surface area contributed by atoms with E-state index in [-0.39, 0.29) is 6.10 Å². The predicted molar refractivity (Wildman–Crippen MR) is 68.5 cm³/mol. The first kappa shape index (κ1) is 12.6. The minimum atomic E-state index is -0.337. The average molecular weight is 224 g/mol. The van der Waals surface area contributed by atoms with E-state index in [1.54, 1.807) is 11.8 Å². The Hall–Kier alpha value is -0.470. The van der Waals surface area contributed by atoms with Crippen LogP contribution in [0.1, 0.15) is 36.6 Å². The highest BCUT2D eigenvalue weighted by molar-refractivity contribution is 7.99. The molecule has 84 valence electrons. The van der Waals surface area contributed by atoms with Gasteiger partial charge < -0.3 is 5.11 Å². The fourth-order valence-corrected chi connectivity index (χ4v) is 2.34. The summed E-state index contributed by atoms with van der Waals surface area (Å²) in [5.74, 6) is 0.778. The van der Waals surface area contributed by atoms with E-state index >= 15 is 0 Å². The Kier molecular flexibility index (Phi) is 4.68. The van der Waals surface area contributed by atoms with Crippen LogP contribution in [-0.2, 0) is 0 Å². The van der Waals surface area contributed by atoms with Gasteiger partial charge in [0.2, 0.25) is 0 Å². The van der Waals surface area contributed by atoms with Gasteiger partial charge in [-0.05, 0) is 24.7 Å². The van der Waals surface area contributed by atoms with Crippen LogP contribution < -0.4 is 0 Å². The monoisotopic (exact) mass is 224 g/mol. The van der Waals surface area contributed by atoms with Crippen molar-refractivity contribution in [3.05, 3.63) is 34.9 Å². The Morgan fingerprint density at radius 3 is 2.13 bits per heavy atom. The molecule has 1 aromatic carbocycles. The van der Waals surface area contributed by atoms with Gasteiger partial charge in [-0.1, -0.05) is 43.2 Å². The number of hydrogen-bond acceptors (Lipinski definition) is 2. The first-order valence-electron chi connectivity index (χ1n) is 5.37. The minimum absolute atomic E-state index is 0.337. The van der Waals surface area contributed by atoms with E-state index < -0.39 is 0 Å². The van der Waals surface area contributed by atoms with Gasteiger partial charge in [-0.2, -0.15) is 11.8 Å². The van der Waals surface area contributed by atoms with Crippen LogP contribution in [0.3, 0.4) is 0 Å². The lowest BCUT2D eigenvalue weighted by molar-refractivity contribution is 0.204. The Balaban J connectivity index is 2.68. The summed E-state index contributed by atoms with van der Waals surface area (Å²) in [6.07, 6.45) is -0.337. The van der Waals surface area contributed by atoms with Crippen LogP contribution in [0.2, 0.25) is 0 Å². The van der Waals surface area contributed by atoms with Gasteiger partial charge in [-0.3, -0.25) is 0 Å². The van der Waals surface area contributed by atoms with Gasteiger partial charge in [0.25, 0.3) is 0 Å². The molecule has 0 bridgehead atoms. The second-order valence-electron chi connectivity index (χ2n) is 4.32. The van der Waals surface area contributed by atoms with E-state index in [1.807, 2.05) is 0 Å². The molecule has 0 aliphatic rings. The van der Waals surface area contributed by atoms with Crippen molar-refractivity contribution in [2.45, 2.75) is 39.0 Å². The van der Waals surface area contributed by atoms with Crippen molar-refractivity contribution in [3.63, 3.8) is 0 Å². The van der Waals surface area contributed by atoms with Gasteiger partial charge in [0.15, 0.2) is 0 Å². The Labute approximate surface area is 96.9 Å². The second-order valence-corrected chi connectivity index (χ2v) is 5.93. The van der Waals surface area contributed by atoms with E-state index in [9.17, 15) is 5.11 Å². The summed E-state index contributed by atoms with van der Waals surface area (Å²) >= 11 is 1.80. The summed E-state index contributed by atoms with van der Waals surface area (Å²) in [5, 5.41) is 10.6. The Morgan fingerprint density at radius 1 is 1.13 bits per heavy atom.